The summed E-state index contributed by atoms with van der Waals surface area (Å²) in [5.74, 6) is -0.421. The van der Waals surface area contributed by atoms with Crippen molar-refractivity contribution >= 4 is 28.3 Å². The van der Waals surface area contributed by atoms with E-state index in [9.17, 15) is 14.7 Å². The number of aromatic nitrogens is 2. The molecule has 8 heteroatoms. The maximum absolute atomic E-state index is 12.9. The summed E-state index contributed by atoms with van der Waals surface area (Å²) < 4.78 is 0. The molecule has 1 aliphatic heterocycles. The number of aryl methyl sites for hydroxylation is 1. The van der Waals surface area contributed by atoms with Crippen molar-refractivity contribution in [3.63, 3.8) is 0 Å². The van der Waals surface area contributed by atoms with Crippen LogP contribution in [0.2, 0.25) is 0 Å². The maximum atomic E-state index is 12.9. The number of aliphatic hydroxyl groups excluding tert-OH is 1. The van der Waals surface area contributed by atoms with Crippen molar-refractivity contribution in [3.05, 3.63) is 5.01 Å². The van der Waals surface area contributed by atoms with Gasteiger partial charge in [0, 0.05) is 38.4 Å². The minimum atomic E-state index is -0.344. The molecule has 144 valence electrons. The topological polar surface area (TPSA) is 86.6 Å². The number of nitrogens with zero attached hydrogens (tertiary/aromatic N) is 4. The van der Waals surface area contributed by atoms with Crippen LogP contribution in [0.1, 0.15) is 50.5 Å². The maximum Gasteiger partial charge on any atom is 0.229 e. The molecule has 1 atom stereocenters. The average Bonchev–Trinajstić information content (AvgIpc) is 3.35. The van der Waals surface area contributed by atoms with E-state index in [1.54, 1.807) is 16.8 Å². The van der Waals surface area contributed by atoms with Gasteiger partial charge in [0.1, 0.15) is 5.01 Å². The first-order valence-corrected chi connectivity index (χ1v) is 10.3. The van der Waals surface area contributed by atoms with E-state index < -0.39 is 0 Å². The van der Waals surface area contributed by atoms with E-state index in [1.807, 2.05) is 0 Å². The number of rotatable bonds is 7. The monoisotopic (exact) mass is 380 g/mol. The van der Waals surface area contributed by atoms with Crippen LogP contribution in [0.25, 0.3) is 0 Å². The standard InChI is InChI=1S/C18H28N4O3S/c1-3-6-14-19-20-17(26-14)22-10-13(9-15(22)24)16(25)21(2)11-18(12-23)7-4-5-8-18/h13,23H,3-12H2,1-2H3. The molecule has 2 amide bonds. The van der Waals surface area contributed by atoms with Crippen molar-refractivity contribution < 1.29 is 14.7 Å². The molecule has 2 heterocycles. The summed E-state index contributed by atoms with van der Waals surface area (Å²) in [6.07, 6.45) is 6.20. The van der Waals surface area contributed by atoms with Crippen molar-refractivity contribution in [1.29, 1.82) is 0 Å². The lowest BCUT2D eigenvalue weighted by atomic mass is 9.86. The van der Waals surface area contributed by atoms with Gasteiger partial charge in [-0.1, -0.05) is 31.1 Å². The molecule has 0 bridgehead atoms. The molecule has 1 N–H and O–H groups in total. The lowest BCUT2D eigenvalue weighted by Gasteiger charge is -2.32. The minimum absolute atomic E-state index is 0.0149. The van der Waals surface area contributed by atoms with Gasteiger partial charge < -0.3 is 10.0 Å². The van der Waals surface area contributed by atoms with E-state index in [1.165, 1.54) is 11.3 Å². The molecule has 1 aromatic heterocycles. The highest BCUT2D eigenvalue weighted by atomic mass is 32.1. The van der Waals surface area contributed by atoms with Gasteiger partial charge in [0.05, 0.1) is 12.5 Å². The summed E-state index contributed by atoms with van der Waals surface area (Å²) in [6, 6.07) is 0. The molecular formula is C18H28N4O3S. The molecule has 2 aliphatic rings. The lowest BCUT2D eigenvalue weighted by molar-refractivity contribution is -0.136. The van der Waals surface area contributed by atoms with Crippen LogP contribution in [0.3, 0.4) is 0 Å². The van der Waals surface area contributed by atoms with Gasteiger partial charge in [0.2, 0.25) is 16.9 Å². The van der Waals surface area contributed by atoms with Crippen molar-refractivity contribution in [1.82, 2.24) is 15.1 Å². The zero-order valence-electron chi connectivity index (χ0n) is 15.6. The zero-order chi connectivity index (χ0) is 18.7. The van der Waals surface area contributed by atoms with E-state index in [4.69, 9.17) is 0 Å². The second-order valence-electron chi connectivity index (χ2n) is 7.69. The molecular weight excluding hydrogens is 352 g/mol. The van der Waals surface area contributed by atoms with Crippen LogP contribution >= 0.6 is 11.3 Å². The lowest BCUT2D eigenvalue weighted by Crippen LogP contribution is -2.42. The first kappa shape index (κ1) is 19.2. The number of hydrogen-bond acceptors (Lipinski definition) is 6. The van der Waals surface area contributed by atoms with E-state index in [0.29, 0.717) is 18.2 Å². The predicted molar refractivity (Wildman–Crippen MR) is 100.0 cm³/mol. The first-order valence-electron chi connectivity index (χ1n) is 9.46. The van der Waals surface area contributed by atoms with Crippen LogP contribution in [0.4, 0.5) is 5.13 Å². The van der Waals surface area contributed by atoms with Crippen LogP contribution in [0.5, 0.6) is 0 Å². The van der Waals surface area contributed by atoms with Crippen molar-refractivity contribution in [3.8, 4) is 0 Å². The third kappa shape index (κ3) is 3.91. The molecule has 1 saturated carbocycles. The van der Waals surface area contributed by atoms with Crippen LogP contribution in [-0.2, 0) is 16.0 Å². The Morgan fingerprint density at radius 1 is 1.38 bits per heavy atom. The summed E-state index contributed by atoms with van der Waals surface area (Å²) >= 11 is 1.43. The fraction of sp³-hybridized carbons (Fsp3) is 0.778. The predicted octanol–water partition coefficient (Wildman–Crippen LogP) is 1.85. The third-order valence-electron chi connectivity index (χ3n) is 5.57. The molecule has 1 unspecified atom stereocenters. The first-order chi connectivity index (χ1) is 12.5. The van der Waals surface area contributed by atoms with E-state index in [0.717, 1.165) is 43.5 Å². The minimum Gasteiger partial charge on any atom is -0.396 e. The van der Waals surface area contributed by atoms with E-state index >= 15 is 0 Å². The molecule has 1 aliphatic carbocycles. The van der Waals surface area contributed by atoms with E-state index in [2.05, 4.69) is 17.1 Å². The van der Waals surface area contributed by atoms with Gasteiger partial charge in [0.25, 0.3) is 0 Å². The number of carbonyl (C=O) groups is 2. The Labute approximate surface area is 158 Å². The molecule has 1 aromatic rings. The second kappa shape index (κ2) is 8.00. The normalized spacial score (nSPS) is 22.2. The van der Waals surface area contributed by atoms with Crippen LogP contribution in [-0.4, -0.2) is 58.8 Å². The van der Waals surface area contributed by atoms with Crippen LogP contribution < -0.4 is 4.90 Å². The fourth-order valence-electron chi connectivity index (χ4n) is 4.11. The fourth-order valence-corrected chi connectivity index (χ4v) is 5.08. The van der Waals surface area contributed by atoms with Gasteiger partial charge in [-0.3, -0.25) is 14.5 Å². The summed E-state index contributed by atoms with van der Waals surface area (Å²) in [6.45, 7) is 3.13. The highest BCUT2D eigenvalue weighted by Crippen LogP contribution is 2.38. The van der Waals surface area contributed by atoms with Gasteiger partial charge in [-0.2, -0.15) is 0 Å². The number of carbonyl (C=O) groups excluding carboxylic acids is 2. The Kier molecular flexibility index (Phi) is 5.92. The zero-order valence-corrected chi connectivity index (χ0v) is 16.4. The smallest absolute Gasteiger partial charge is 0.229 e. The largest absolute Gasteiger partial charge is 0.396 e. The number of anilines is 1. The quantitative estimate of drug-likeness (QED) is 0.780. The molecule has 0 spiro atoms. The molecule has 0 radical (unpaired) electrons. The van der Waals surface area contributed by atoms with Crippen molar-refractivity contribution in [2.24, 2.45) is 11.3 Å². The highest BCUT2D eigenvalue weighted by Gasteiger charge is 2.40. The molecule has 7 nitrogen and oxygen atoms in total. The van der Waals surface area contributed by atoms with Gasteiger partial charge in [-0.15, -0.1) is 10.2 Å². The van der Waals surface area contributed by atoms with Crippen LogP contribution in [0.15, 0.2) is 0 Å². The Morgan fingerprint density at radius 2 is 2.12 bits per heavy atom. The Balaban J connectivity index is 1.62. The number of hydrogen-bond donors (Lipinski definition) is 1. The average molecular weight is 381 g/mol. The van der Waals surface area contributed by atoms with Gasteiger partial charge in [-0.05, 0) is 19.3 Å². The van der Waals surface area contributed by atoms with Gasteiger partial charge in [-0.25, -0.2) is 0 Å². The van der Waals surface area contributed by atoms with Gasteiger partial charge in [0.15, 0.2) is 0 Å². The molecule has 0 aromatic carbocycles. The third-order valence-corrected chi connectivity index (χ3v) is 6.58. The molecule has 1 saturated heterocycles. The summed E-state index contributed by atoms with van der Waals surface area (Å²) in [7, 11) is 1.79. The second-order valence-corrected chi connectivity index (χ2v) is 8.73. The molecule has 2 fully saturated rings. The molecule has 3 rings (SSSR count). The Bertz CT molecular complexity index is 657. The SMILES string of the molecule is CCCc1nnc(N2CC(C(=O)N(C)CC3(CO)CCCC3)CC2=O)s1. The van der Waals surface area contributed by atoms with Crippen LogP contribution in [0, 0.1) is 11.3 Å². The Morgan fingerprint density at radius 3 is 2.77 bits per heavy atom. The van der Waals surface area contributed by atoms with Crippen molar-refractivity contribution in [2.45, 2.75) is 51.9 Å². The van der Waals surface area contributed by atoms with Gasteiger partial charge >= 0.3 is 0 Å². The van der Waals surface area contributed by atoms with Crippen molar-refractivity contribution in [2.75, 3.05) is 31.6 Å². The highest BCUT2D eigenvalue weighted by molar-refractivity contribution is 7.15. The Hall–Kier alpha value is -1.54. The van der Waals surface area contributed by atoms with E-state index in [-0.39, 0.29) is 36.2 Å². The summed E-state index contributed by atoms with van der Waals surface area (Å²) in [5, 5.41) is 19.6. The molecule has 26 heavy (non-hydrogen) atoms. The summed E-state index contributed by atoms with van der Waals surface area (Å²) in [4.78, 5) is 28.6. The number of aliphatic hydroxyl groups is 1. The number of amides is 2. The summed E-state index contributed by atoms with van der Waals surface area (Å²) in [5.41, 5.74) is -0.166.